The lowest BCUT2D eigenvalue weighted by Crippen LogP contribution is -1.98. The minimum absolute atomic E-state index is 0.320. The molecule has 2 N–H and O–H groups in total. The summed E-state index contributed by atoms with van der Waals surface area (Å²) in [4.78, 5) is 0. The molecule has 0 radical (unpaired) electrons. The van der Waals surface area contributed by atoms with Crippen LogP contribution in [0.25, 0.3) is 0 Å². The SMILES string of the molecule is C=CC(O)C/C=C(/O)CC. The number of aliphatic hydroxyl groups excluding tert-OH is 2. The number of aliphatic hydroxyl groups is 2. The minimum Gasteiger partial charge on any atom is -0.513 e. The van der Waals surface area contributed by atoms with Crippen LogP contribution in [0.4, 0.5) is 0 Å². The van der Waals surface area contributed by atoms with Gasteiger partial charge < -0.3 is 10.2 Å². The average Bonchev–Trinajstić information content (AvgIpc) is 1.99. The second-order valence-corrected chi connectivity index (χ2v) is 2.09. The summed E-state index contributed by atoms with van der Waals surface area (Å²) in [6, 6.07) is 0. The van der Waals surface area contributed by atoms with Crippen molar-refractivity contribution in [1.29, 1.82) is 0 Å². The van der Waals surface area contributed by atoms with Crippen LogP contribution in [0.2, 0.25) is 0 Å². The molecule has 1 unspecified atom stereocenters. The van der Waals surface area contributed by atoms with E-state index in [9.17, 15) is 0 Å². The van der Waals surface area contributed by atoms with Crippen molar-refractivity contribution in [1.82, 2.24) is 0 Å². The van der Waals surface area contributed by atoms with Gasteiger partial charge in [-0.2, -0.15) is 0 Å². The minimum atomic E-state index is -0.534. The van der Waals surface area contributed by atoms with E-state index >= 15 is 0 Å². The molecule has 2 nitrogen and oxygen atoms in total. The standard InChI is InChI=1S/C8H14O2/c1-3-7(9)5-6-8(10)4-2/h3,6-7,9-10H,1,4-5H2,2H3/b8-6+. The summed E-state index contributed by atoms with van der Waals surface area (Å²) in [6.07, 6.45) is 3.58. The first-order valence-corrected chi connectivity index (χ1v) is 3.39. The van der Waals surface area contributed by atoms with Gasteiger partial charge in [0.2, 0.25) is 0 Å². The third-order valence-electron chi connectivity index (χ3n) is 1.23. The first-order valence-electron chi connectivity index (χ1n) is 3.39. The molecule has 0 spiro atoms. The highest BCUT2D eigenvalue weighted by Gasteiger charge is 1.94. The fraction of sp³-hybridized carbons (Fsp3) is 0.500. The lowest BCUT2D eigenvalue weighted by atomic mass is 10.2. The molecule has 2 heteroatoms. The van der Waals surface area contributed by atoms with Crippen molar-refractivity contribution < 1.29 is 10.2 Å². The molecule has 0 saturated carbocycles. The first-order chi connectivity index (χ1) is 4.70. The molecular formula is C8H14O2. The van der Waals surface area contributed by atoms with E-state index in [1.807, 2.05) is 6.92 Å². The van der Waals surface area contributed by atoms with Crippen LogP contribution in [0.1, 0.15) is 19.8 Å². The predicted octanol–water partition coefficient (Wildman–Crippen LogP) is 1.78. The van der Waals surface area contributed by atoms with Crippen molar-refractivity contribution in [2.75, 3.05) is 0 Å². The zero-order valence-corrected chi connectivity index (χ0v) is 6.25. The van der Waals surface area contributed by atoms with Crippen LogP contribution in [0, 0.1) is 0 Å². The van der Waals surface area contributed by atoms with Crippen molar-refractivity contribution in [2.24, 2.45) is 0 Å². The molecule has 0 heterocycles. The van der Waals surface area contributed by atoms with Gasteiger partial charge in [-0.1, -0.05) is 13.0 Å². The Morgan fingerprint density at radius 3 is 2.70 bits per heavy atom. The highest BCUT2D eigenvalue weighted by molar-refractivity contribution is 4.94. The topological polar surface area (TPSA) is 40.5 Å². The Labute approximate surface area is 61.5 Å². The van der Waals surface area contributed by atoms with Gasteiger partial charge in [-0.05, 0) is 12.5 Å². The zero-order valence-electron chi connectivity index (χ0n) is 6.25. The van der Waals surface area contributed by atoms with E-state index in [0.717, 1.165) is 0 Å². The van der Waals surface area contributed by atoms with Gasteiger partial charge in [0.25, 0.3) is 0 Å². The largest absolute Gasteiger partial charge is 0.513 e. The Bertz CT molecular complexity index is 127. The van der Waals surface area contributed by atoms with E-state index in [0.29, 0.717) is 18.6 Å². The Morgan fingerprint density at radius 1 is 1.70 bits per heavy atom. The summed E-state index contributed by atoms with van der Waals surface area (Å²) in [5.41, 5.74) is 0. The van der Waals surface area contributed by atoms with Crippen LogP contribution in [0.15, 0.2) is 24.5 Å². The van der Waals surface area contributed by atoms with Gasteiger partial charge in [0, 0.05) is 6.42 Å². The summed E-state index contributed by atoms with van der Waals surface area (Å²) >= 11 is 0. The van der Waals surface area contributed by atoms with Crippen LogP contribution >= 0.6 is 0 Å². The zero-order chi connectivity index (χ0) is 7.98. The maximum Gasteiger partial charge on any atom is 0.0881 e. The summed E-state index contributed by atoms with van der Waals surface area (Å²) < 4.78 is 0. The van der Waals surface area contributed by atoms with Gasteiger partial charge in [0.05, 0.1) is 11.9 Å². The van der Waals surface area contributed by atoms with E-state index in [1.54, 1.807) is 6.08 Å². The quantitative estimate of drug-likeness (QED) is 0.464. The smallest absolute Gasteiger partial charge is 0.0881 e. The summed E-state index contributed by atoms with van der Waals surface area (Å²) in [6.45, 7) is 5.26. The number of hydrogen-bond donors (Lipinski definition) is 2. The van der Waals surface area contributed by atoms with Crippen LogP contribution in [-0.2, 0) is 0 Å². The molecule has 0 aromatic rings. The highest BCUT2D eigenvalue weighted by atomic mass is 16.3. The Kier molecular flexibility index (Phi) is 4.67. The van der Waals surface area contributed by atoms with Crippen molar-refractivity contribution in [2.45, 2.75) is 25.9 Å². The van der Waals surface area contributed by atoms with Crippen LogP contribution in [-0.4, -0.2) is 16.3 Å². The van der Waals surface area contributed by atoms with E-state index in [1.165, 1.54) is 6.08 Å². The van der Waals surface area contributed by atoms with Gasteiger partial charge in [-0.25, -0.2) is 0 Å². The average molecular weight is 142 g/mol. The molecule has 0 rings (SSSR count). The molecule has 0 saturated heterocycles. The molecule has 0 fully saturated rings. The number of rotatable bonds is 4. The molecule has 0 aromatic carbocycles. The molecule has 0 amide bonds. The van der Waals surface area contributed by atoms with Crippen molar-refractivity contribution in [3.63, 3.8) is 0 Å². The van der Waals surface area contributed by atoms with Crippen molar-refractivity contribution in [3.8, 4) is 0 Å². The van der Waals surface area contributed by atoms with Gasteiger partial charge in [0.15, 0.2) is 0 Å². The second-order valence-electron chi connectivity index (χ2n) is 2.09. The predicted molar refractivity (Wildman–Crippen MR) is 41.8 cm³/mol. The van der Waals surface area contributed by atoms with Gasteiger partial charge >= 0.3 is 0 Å². The molecule has 1 atom stereocenters. The normalized spacial score (nSPS) is 14.8. The molecule has 0 aliphatic rings. The van der Waals surface area contributed by atoms with Crippen LogP contribution < -0.4 is 0 Å². The van der Waals surface area contributed by atoms with E-state index in [2.05, 4.69) is 6.58 Å². The van der Waals surface area contributed by atoms with E-state index in [-0.39, 0.29) is 0 Å². The third-order valence-corrected chi connectivity index (χ3v) is 1.23. The van der Waals surface area contributed by atoms with Gasteiger partial charge in [-0.15, -0.1) is 6.58 Å². The molecule has 0 bridgehead atoms. The maximum atomic E-state index is 8.93. The molecule has 0 aliphatic carbocycles. The van der Waals surface area contributed by atoms with Crippen molar-refractivity contribution >= 4 is 0 Å². The Morgan fingerprint density at radius 2 is 2.30 bits per heavy atom. The molecule has 0 aliphatic heterocycles. The Balaban J connectivity index is 3.60. The summed E-state index contributed by atoms with van der Waals surface area (Å²) in [5, 5.41) is 17.8. The molecule has 58 valence electrons. The number of allylic oxidation sites excluding steroid dienone is 1. The van der Waals surface area contributed by atoms with E-state index < -0.39 is 6.10 Å². The second kappa shape index (κ2) is 5.06. The van der Waals surface area contributed by atoms with Gasteiger partial charge in [0.1, 0.15) is 0 Å². The highest BCUT2D eigenvalue weighted by Crippen LogP contribution is 2.00. The lowest BCUT2D eigenvalue weighted by molar-refractivity contribution is 0.225. The lowest BCUT2D eigenvalue weighted by Gasteiger charge is -1.99. The third kappa shape index (κ3) is 4.15. The first kappa shape index (κ1) is 9.24. The Hall–Kier alpha value is -0.760. The monoisotopic (exact) mass is 142 g/mol. The summed E-state index contributed by atoms with van der Waals surface area (Å²) in [5.74, 6) is 0.320. The molecule has 0 aromatic heterocycles. The van der Waals surface area contributed by atoms with Crippen molar-refractivity contribution in [3.05, 3.63) is 24.5 Å². The summed E-state index contributed by atoms with van der Waals surface area (Å²) in [7, 11) is 0. The molecular weight excluding hydrogens is 128 g/mol. The van der Waals surface area contributed by atoms with Gasteiger partial charge in [-0.3, -0.25) is 0 Å². The van der Waals surface area contributed by atoms with Crippen LogP contribution in [0.3, 0.4) is 0 Å². The molecule has 10 heavy (non-hydrogen) atoms. The number of hydrogen-bond acceptors (Lipinski definition) is 2. The fourth-order valence-corrected chi connectivity index (χ4v) is 0.497. The maximum absolute atomic E-state index is 8.93. The fourth-order valence-electron chi connectivity index (χ4n) is 0.497. The van der Waals surface area contributed by atoms with E-state index in [4.69, 9.17) is 10.2 Å². The van der Waals surface area contributed by atoms with Crippen LogP contribution in [0.5, 0.6) is 0 Å².